The zero-order chi connectivity index (χ0) is 10.4. The fourth-order valence-electron chi connectivity index (χ4n) is 0.630. The number of rotatable bonds is 1. The number of hydrogen-bond acceptors (Lipinski definition) is 3. The number of benzene rings is 1. The lowest BCUT2D eigenvalue weighted by Gasteiger charge is -1.95. The maximum absolute atomic E-state index is 10.2. The second-order valence-corrected chi connectivity index (χ2v) is 2.37. The summed E-state index contributed by atoms with van der Waals surface area (Å²) >= 11 is 5.53. The number of nitrogen functional groups attached to an aromatic ring is 1. The van der Waals surface area contributed by atoms with Crippen molar-refractivity contribution >= 4 is 23.0 Å². The summed E-state index contributed by atoms with van der Waals surface area (Å²) in [5.41, 5.74) is 5.63. The number of non-ortho nitro benzene ring substituents is 1. The molecule has 0 fully saturated rings. The first-order valence-electron chi connectivity index (χ1n) is 3.80. The molecule has 0 aliphatic heterocycles. The lowest BCUT2D eigenvalue weighted by atomic mass is 10.3. The lowest BCUT2D eigenvalue weighted by molar-refractivity contribution is -0.384. The third-order valence-corrected chi connectivity index (χ3v) is 1.52. The summed E-state index contributed by atoms with van der Waals surface area (Å²) in [6, 6.07) is 3.93. The van der Waals surface area contributed by atoms with E-state index in [2.05, 4.69) is 0 Å². The Morgan fingerprint density at radius 1 is 1.46 bits per heavy atom. The van der Waals surface area contributed by atoms with Gasteiger partial charge in [0, 0.05) is 12.1 Å². The van der Waals surface area contributed by atoms with E-state index in [1.54, 1.807) is 0 Å². The van der Waals surface area contributed by atoms with Gasteiger partial charge in [0.2, 0.25) is 0 Å². The van der Waals surface area contributed by atoms with Crippen LogP contribution in [0.3, 0.4) is 0 Å². The first kappa shape index (κ1) is 11.7. The molecular weight excluding hydrogens is 192 g/mol. The van der Waals surface area contributed by atoms with Gasteiger partial charge in [-0.25, -0.2) is 0 Å². The van der Waals surface area contributed by atoms with Crippen molar-refractivity contribution in [3.05, 3.63) is 33.3 Å². The molecule has 5 heteroatoms. The van der Waals surface area contributed by atoms with Gasteiger partial charge in [-0.15, -0.1) is 0 Å². The largest absolute Gasteiger partial charge is 0.398 e. The van der Waals surface area contributed by atoms with Crippen LogP contribution >= 0.6 is 11.6 Å². The van der Waals surface area contributed by atoms with Crippen molar-refractivity contribution in [3.8, 4) is 0 Å². The zero-order valence-corrected chi connectivity index (χ0v) is 8.21. The van der Waals surface area contributed by atoms with Gasteiger partial charge in [-0.1, -0.05) is 25.4 Å². The molecule has 13 heavy (non-hydrogen) atoms. The van der Waals surface area contributed by atoms with E-state index in [0.29, 0.717) is 5.69 Å². The smallest absolute Gasteiger partial charge is 0.271 e. The highest BCUT2D eigenvalue weighted by Gasteiger charge is 2.06. The molecule has 1 aromatic rings. The van der Waals surface area contributed by atoms with Gasteiger partial charge in [0.05, 0.1) is 15.6 Å². The minimum Gasteiger partial charge on any atom is -0.398 e. The number of nitro groups is 1. The molecule has 0 amide bonds. The van der Waals surface area contributed by atoms with E-state index in [9.17, 15) is 10.1 Å². The fraction of sp³-hybridized carbons (Fsp3) is 0.250. The van der Waals surface area contributed by atoms with Crippen molar-refractivity contribution in [2.24, 2.45) is 0 Å². The highest BCUT2D eigenvalue weighted by atomic mass is 35.5. The zero-order valence-electron chi connectivity index (χ0n) is 7.45. The third kappa shape index (κ3) is 3.29. The standard InChI is InChI=1S/C6H5ClN2O2.C2H6/c7-5-3-4(9(10)11)1-2-6(5)8;1-2/h1-3H,8H2;1-2H3. The highest BCUT2D eigenvalue weighted by molar-refractivity contribution is 6.33. The predicted molar refractivity (Wildman–Crippen MR) is 53.9 cm³/mol. The van der Waals surface area contributed by atoms with Crippen LogP contribution in [-0.4, -0.2) is 4.92 Å². The summed E-state index contributed by atoms with van der Waals surface area (Å²) in [5, 5.41) is 10.4. The molecule has 0 aromatic heterocycles. The summed E-state index contributed by atoms with van der Waals surface area (Å²) in [5.74, 6) is 0. The Balaban J connectivity index is 0.000000671. The van der Waals surface area contributed by atoms with Crippen LogP contribution in [0.15, 0.2) is 18.2 Å². The molecule has 0 atom stereocenters. The molecule has 0 saturated heterocycles. The Hall–Kier alpha value is -1.29. The number of hydrogen-bond donors (Lipinski definition) is 1. The Bertz CT molecular complexity index is 302. The molecular formula is C8H11ClN2O2. The molecule has 0 heterocycles. The first-order chi connectivity index (χ1) is 6.11. The van der Waals surface area contributed by atoms with Crippen LogP contribution in [0.5, 0.6) is 0 Å². The van der Waals surface area contributed by atoms with Crippen molar-refractivity contribution in [1.82, 2.24) is 0 Å². The second kappa shape index (κ2) is 5.37. The van der Waals surface area contributed by atoms with E-state index < -0.39 is 4.92 Å². The van der Waals surface area contributed by atoms with Crippen LogP contribution < -0.4 is 5.73 Å². The monoisotopic (exact) mass is 202 g/mol. The number of nitro benzene ring substituents is 1. The lowest BCUT2D eigenvalue weighted by Crippen LogP contribution is -1.90. The molecule has 4 nitrogen and oxygen atoms in total. The van der Waals surface area contributed by atoms with Crippen molar-refractivity contribution in [2.45, 2.75) is 13.8 Å². The van der Waals surface area contributed by atoms with Crippen LogP contribution in [0.25, 0.3) is 0 Å². The predicted octanol–water partition coefficient (Wildman–Crippen LogP) is 2.86. The summed E-state index contributed by atoms with van der Waals surface area (Å²) in [7, 11) is 0. The summed E-state index contributed by atoms with van der Waals surface area (Å²) < 4.78 is 0. The number of halogens is 1. The molecule has 0 spiro atoms. The van der Waals surface area contributed by atoms with Gasteiger partial charge in [-0.05, 0) is 6.07 Å². The van der Waals surface area contributed by atoms with Crippen LogP contribution in [0.2, 0.25) is 5.02 Å². The third-order valence-electron chi connectivity index (χ3n) is 1.19. The van der Waals surface area contributed by atoms with E-state index in [4.69, 9.17) is 17.3 Å². The van der Waals surface area contributed by atoms with Crippen LogP contribution in [0.1, 0.15) is 13.8 Å². The summed E-state index contributed by atoms with van der Waals surface area (Å²) in [6.45, 7) is 4.00. The van der Waals surface area contributed by atoms with E-state index in [0.717, 1.165) is 0 Å². The topological polar surface area (TPSA) is 69.2 Å². The van der Waals surface area contributed by atoms with Gasteiger partial charge >= 0.3 is 0 Å². The minimum atomic E-state index is -0.522. The van der Waals surface area contributed by atoms with Crippen LogP contribution in [0, 0.1) is 10.1 Å². The van der Waals surface area contributed by atoms with E-state index in [1.807, 2.05) is 13.8 Å². The van der Waals surface area contributed by atoms with Gasteiger partial charge < -0.3 is 5.73 Å². The SMILES string of the molecule is CC.Nc1ccc([N+](=O)[O-])cc1Cl. The molecule has 2 N–H and O–H groups in total. The van der Waals surface area contributed by atoms with Crippen molar-refractivity contribution in [1.29, 1.82) is 0 Å². The number of anilines is 1. The Morgan fingerprint density at radius 2 is 2.00 bits per heavy atom. The molecule has 0 aliphatic rings. The maximum Gasteiger partial charge on any atom is 0.271 e. The highest BCUT2D eigenvalue weighted by Crippen LogP contribution is 2.23. The molecule has 1 aromatic carbocycles. The molecule has 72 valence electrons. The quantitative estimate of drug-likeness (QED) is 0.433. The minimum absolute atomic E-state index is 0.0517. The molecule has 1 rings (SSSR count). The molecule has 0 radical (unpaired) electrons. The normalized spacial score (nSPS) is 8.54. The molecule has 0 unspecified atom stereocenters. The second-order valence-electron chi connectivity index (χ2n) is 1.96. The molecule has 0 saturated carbocycles. The van der Waals surface area contributed by atoms with Crippen molar-refractivity contribution in [2.75, 3.05) is 5.73 Å². The fourth-order valence-corrected chi connectivity index (χ4v) is 0.804. The van der Waals surface area contributed by atoms with Gasteiger partial charge in [0.1, 0.15) is 0 Å². The van der Waals surface area contributed by atoms with Crippen LogP contribution in [-0.2, 0) is 0 Å². The van der Waals surface area contributed by atoms with Crippen molar-refractivity contribution in [3.63, 3.8) is 0 Å². The Labute approximate surface area is 81.5 Å². The average Bonchev–Trinajstić information content (AvgIpc) is 2.13. The van der Waals surface area contributed by atoms with Gasteiger partial charge in [-0.2, -0.15) is 0 Å². The Morgan fingerprint density at radius 3 is 2.38 bits per heavy atom. The van der Waals surface area contributed by atoms with E-state index in [1.165, 1.54) is 18.2 Å². The van der Waals surface area contributed by atoms with Gasteiger partial charge in [-0.3, -0.25) is 10.1 Å². The first-order valence-corrected chi connectivity index (χ1v) is 4.18. The maximum atomic E-state index is 10.2. The Kier molecular flexibility index (Phi) is 4.84. The summed E-state index contributed by atoms with van der Waals surface area (Å²) in [4.78, 5) is 9.65. The van der Waals surface area contributed by atoms with E-state index in [-0.39, 0.29) is 10.7 Å². The van der Waals surface area contributed by atoms with Crippen LogP contribution in [0.4, 0.5) is 11.4 Å². The molecule has 0 aliphatic carbocycles. The molecule has 0 bridgehead atoms. The number of nitrogens with two attached hydrogens (primary N) is 1. The van der Waals surface area contributed by atoms with Gasteiger partial charge in [0.25, 0.3) is 5.69 Å². The summed E-state index contributed by atoms with van der Waals surface area (Å²) in [6.07, 6.45) is 0. The van der Waals surface area contributed by atoms with Gasteiger partial charge in [0.15, 0.2) is 0 Å². The van der Waals surface area contributed by atoms with Crippen molar-refractivity contribution < 1.29 is 4.92 Å². The number of nitrogens with zero attached hydrogens (tertiary/aromatic N) is 1. The van der Waals surface area contributed by atoms with E-state index >= 15 is 0 Å². The average molecular weight is 203 g/mol.